The number of benzene rings is 2. The summed E-state index contributed by atoms with van der Waals surface area (Å²) in [6.45, 7) is 3.11. The molecule has 2 atom stereocenters. The summed E-state index contributed by atoms with van der Waals surface area (Å²) >= 11 is 3.48. The van der Waals surface area contributed by atoms with Gasteiger partial charge in [0.05, 0.1) is 11.9 Å². The number of carbonyl (C=O) groups is 1. The molecular weight excluding hydrogens is 534 g/mol. The monoisotopic (exact) mass is 563 g/mol. The van der Waals surface area contributed by atoms with Crippen molar-refractivity contribution in [2.45, 2.75) is 57.5 Å². The zero-order chi connectivity index (χ0) is 25.7. The van der Waals surface area contributed by atoms with E-state index >= 15 is 0 Å². The van der Waals surface area contributed by atoms with E-state index in [1.165, 1.54) is 0 Å². The number of hydrogen-bond donors (Lipinski definition) is 1. The maximum absolute atomic E-state index is 13.1. The van der Waals surface area contributed by atoms with E-state index in [0.29, 0.717) is 42.7 Å². The molecule has 0 bridgehead atoms. The van der Waals surface area contributed by atoms with E-state index in [0.717, 1.165) is 57.6 Å². The zero-order valence-corrected chi connectivity index (χ0v) is 22.5. The third kappa shape index (κ3) is 4.42. The van der Waals surface area contributed by atoms with E-state index in [1.54, 1.807) is 12.3 Å². The molecule has 6 rings (SSSR count). The largest absolute Gasteiger partial charge is 0.464 e. The number of nitrogens with zero attached hydrogens (tertiary/aromatic N) is 1. The van der Waals surface area contributed by atoms with Gasteiger partial charge in [-0.15, -0.1) is 0 Å². The van der Waals surface area contributed by atoms with Crippen LogP contribution < -0.4 is 5.63 Å². The van der Waals surface area contributed by atoms with Crippen LogP contribution in [0.2, 0.25) is 0 Å². The lowest BCUT2D eigenvalue weighted by molar-refractivity contribution is -0.143. The molecule has 1 saturated carbocycles. The summed E-state index contributed by atoms with van der Waals surface area (Å²) < 4.78 is 12.5. The lowest BCUT2D eigenvalue weighted by Crippen LogP contribution is -2.54. The molecule has 2 fully saturated rings. The number of rotatable bonds is 4. The molecule has 192 valence electrons. The number of furan rings is 1. The van der Waals surface area contributed by atoms with E-state index in [2.05, 4.69) is 15.9 Å². The van der Waals surface area contributed by atoms with E-state index < -0.39 is 11.2 Å². The zero-order valence-electron chi connectivity index (χ0n) is 20.9. The number of hydrogen-bond acceptors (Lipinski definition) is 5. The summed E-state index contributed by atoms with van der Waals surface area (Å²) in [5, 5.41) is 12.7. The van der Waals surface area contributed by atoms with Gasteiger partial charge in [-0.3, -0.25) is 4.79 Å². The summed E-state index contributed by atoms with van der Waals surface area (Å²) in [7, 11) is 0. The molecule has 0 radical (unpaired) electrons. The van der Waals surface area contributed by atoms with Crippen molar-refractivity contribution < 1.29 is 18.7 Å². The van der Waals surface area contributed by atoms with Crippen molar-refractivity contribution in [2.75, 3.05) is 13.1 Å². The van der Waals surface area contributed by atoms with Gasteiger partial charge in [-0.1, -0.05) is 40.9 Å². The van der Waals surface area contributed by atoms with Gasteiger partial charge in [0.15, 0.2) is 0 Å². The molecule has 2 aromatic heterocycles. The molecule has 1 aliphatic heterocycles. The first-order chi connectivity index (χ1) is 17.8. The minimum atomic E-state index is -0.613. The summed E-state index contributed by atoms with van der Waals surface area (Å²) in [6, 6.07) is 11.8. The summed E-state index contributed by atoms with van der Waals surface area (Å²) in [6.07, 6.45) is 6.93. The number of piperidine rings is 1. The van der Waals surface area contributed by atoms with Gasteiger partial charge in [-0.05, 0) is 61.9 Å². The molecule has 6 nitrogen and oxygen atoms in total. The van der Waals surface area contributed by atoms with Gasteiger partial charge in [0, 0.05) is 57.9 Å². The van der Waals surface area contributed by atoms with Gasteiger partial charge in [-0.2, -0.15) is 0 Å². The molecule has 0 spiro atoms. The average Bonchev–Trinajstić information content (AvgIpc) is 3.30. The Balaban J connectivity index is 1.26. The maximum Gasteiger partial charge on any atom is 0.339 e. The van der Waals surface area contributed by atoms with Crippen molar-refractivity contribution in [3.8, 4) is 11.1 Å². The normalized spacial score (nSPS) is 21.9. The maximum atomic E-state index is 13.1. The van der Waals surface area contributed by atoms with Crippen molar-refractivity contribution in [1.29, 1.82) is 0 Å². The number of carbonyl (C=O) groups excluding carboxylic acids is 1. The van der Waals surface area contributed by atoms with Crippen LogP contribution >= 0.6 is 15.9 Å². The van der Waals surface area contributed by atoms with Gasteiger partial charge in [0.25, 0.3) is 0 Å². The predicted molar refractivity (Wildman–Crippen MR) is 147 cm³/mol. The summed E-state index contributed by atoms with van der Waals surface area (Å²) in [5.41, 5.74) is 3.51. The predicted octanol–water partition coefficient (Wildman–Crippen LogP) is 6.36. The number of aryl methyl sites for hydroxylation is 1. The number of likely N-dealkylation sites (tertiary alicyclic amines) is 1. The highest BCUT2D eigenvalue weighted by molar-refractivity contribution is 9.10. The van der Waals surface area contributed by atoms with E-state index in [9.17, 15) is 14.7 Å². The molecule has 2 aromatic carbocycles. The Morgan fingerprint density at radius 2 is 1.95 bits per heavy atom. The highest BCUT2D eigenvalue weighted by Crippen LogP contribution is 2.40. The van der Waals surface area contributed by atoms with Crippen molar-refractivity contribution in [2.24, 2.45) is 5.92 Å². The Bertz CT molecular complexity index is 1550. The third-order valence-corrected chi connectivity index (χ3v) is 9.03. The SMILES string of the molecule is Cc1c(CCC(=O)N2CC[C@]3(O)CCCC[C@@H]3C2)c(=O)oc2cc3occ(-c4ccc(Br)cc4)c3cc12. The molecule has 37 heavy (non-hydrogen) atoms. The van der Waals surface area contributed by atoms with Gasteiger partial charge in [-0.25, -0.2) is 4.79 Å². The van der Waals surface area contributed by atoms with Crippen LogP contribution in [0, 0.1) is 12.8 Å². The van der Waals surface area contributed by atoms with E-state index in [1.807, 2.05) is 42.2 Å². The van der Waals surface area contributed by atoms with Gasteiger partial charge >= 0.3 is 5.63 Å². The number of halogens is 1. The first kappa shape index (κ1) is 24.4. The molecule has 1 saturated heterocycles. The lowest BCUT2D eigenvalue weighted by atomic mass is 9.71. The molecule has 4 aromatic rings. The highest BCUT2D eigenvalue weighted by atomic mass is 79.9. The molecule has 3 heterocycles. The van der Waals surface area contributed by atoms with Gasteiger partial charge in [0.1, 0.15) is 11.2 Å². The molecule has 1 aliphatic carbocycles. The second kappa shape index (κ2) is 9.44. The Morgan fingerprint density at radius 3 is 2.76 bits per heavy atom. The van der Waals surface area contributed by atoms with Gasteiger partial charge < -0.3 is 18.8 Å². The van der Waals surface area contributed by atoms with Crippen molar-refractivity contribution in [1.82, 2.24) is 4.90 Å². The minimum Gasteiger partial charge on any atom is -0.464 e. The third-order valence-electron chi connectivity index (χ3n) is 8.51. The van der Waals surface area contributed by atoms with Crippen LogP contribution in [0.5, 0.6) is 0 Å². The highest BCUT2D eigenvalue weighted by Gasteiger charge is 2.43. The fraction of sp³-hybridized carbons (Fsp3) is 0.400. The smallest absolute Gasteiger partial charge is 0.339 e. The average molecular weight is 564 g/mol. The van der Waals surface area contributed by atoms with Crippen LogP contribution in [-0.2, 0) is 11.2 Å². The van der Waals surface area contributed by atoms with Crippen LogP contribution in [0.3, 0.4) is 0 Å². The molecule has 1 amide bonds. The quantitative estimate of drug-likeness (QED) is 0.292. The van der Waals surface area contributed by atoms with Crippen molar-refractivity contribution in [3.63, 3.8) is 0 Å². The topological polar surface area (TPSA) is 83.9 Å². The van der Waals surface area contributed by atoms with Crippen LogP contribution in [0.25, 0.3) is 33.1 Å². The van der Waals surface area contributed by atoms with Crippen LogP contribution in [0.4, 0.5) is 0 Å². The minimum absolute atomic E-state index is 0.0364. The first-order valence-corrected chi connectivity index (χ1v) is 13.9. The Morgan fingerprint density at radius 1 is 1.14 bits per heavy atom. The standard InChI is InChI=1S/C30H30BrNO5/c1-18-22(9-10-28(33)32-13-12-30(35)11-3-2-4-20(30)16-32)29(34)37-27-15-26-24(14-23(18)27)25(17-36-26)19-5-7-21(31)8-6-19/h5-8,14-15,17,20,35H,2-4,9-13,16H2,1H3/t20-,30-/m1/s1. The Kier molecular flexibility index (Phi) is 6.24. The van der Waals surface area contributed by atoms with Crippen LogP contribution in [-0.4, -0.2) is 34.6 Å². The van der Waals surface area contributed by atoms with Crippen molar-refractivity contribution >= 4 is 43.8 Å². The van der Waals surface area contributed by atoms with Crippen molar-refractivity contribution in [3.05, 3.63) is 68.7 Å². The Labute approximate surface area is 223 Å². The fourth-order valence-corrected chi connectivity index (χ4v) is 6.50. The summed E-state index contributed by atoms with van der Waals surface area (Å²) in [4.78, 5) is 27.9. The van der Waals surface area contributed by atoms with Gasteiger partial charge in [0.2, 0.25) is 5.91 Å². The fourth-order valence-electron chi connectivity index (χ4n) is 6.24. The number of aliphatic hydroxyl groups is 1. The molecule has 0 unspecified atom stereocenters. The summed E-state index contributed by atoms with van der Waals surface area (Å²) in [5.74, 6) is 0.193. The molecule has 1 N–H and O–H groups in total. The van der Waals surface area contributed by atoms with E-state index in [-0.39, 0.29) is 18.2 Å². The molecule has 2 aliphatic rings. The lowest BCUT2D eigenvalue weighted by Gasteiger charge is -2.47. The first-order valence-electron chi connectivity index (χ1n) is 13.1. The second-order valence-corrected chi connectivity index (χ2v) is 11.5. The number of fused-ring (bicyclic) bond motifs is 3. The second-order valence-electron chi connectivity index (χ2n) is 10.6. The molecule has 7 heteroatoms. The van der Waals surface area contributed by atoms with Crippen LogP contribution in [0.15, 0.2) is 60.8 Å². The Hall–Kier alpha value is -2.90. The number of amides is 1. The van der Waals surface area contributed by atoms with Crippen LogP contribution in [0.1, 0.15) is 49.7 Å². The van der Waals surface area contributed by atoms with E-state index in [4.69, 9.17) is 8.83 Å². The molecular formula is C30H30BrNO5.